The smallest absolute Gasteiger partial charge is 0.306 e. The number of ether oxygens (including phenoxy) is 3. The zero-order valence-electron chi connectivity index (χ0n) is 49.2. The van der Waals surface area contributed by atoms with Crippen LogP contribution in [0.1, 0.15) is 355 Å². The number of esters is 3. The topological polar surface area (TPSA) is 78.9 Å². The van der Waals surface area contributed by atoms with Crippen molar-refractivity contribution in [3.63, 3.8) is 0 Å². The lowest BCUT2D eigenvalue weighted by atomic mass is 10.0. The first-order chi connectivity index (χ1) is 36.0. The van der Waals surface area contributed by atoms with Crippen LogP contribution in [0.3, 0.4) is 0 Å². The van der Waals surface area contributed by atoms with Crippen LogP contribution in [0.2, 0.25) is 0 Å². The number of carbonyl (C=O) groups is 3. The van der Waals surface area contributed by atoms with Crippen molar-refractivity contribution in [1.82, 2.24) is 0 Å². The van der Waals surface area contributed by atoms with Crippen LogP contribution in [0, 0.1) is 0 Å². The first-order valence-electron chi connectivity index (χ1n) is 32.5. The van der Waals surface area contributed by atoms with Crippen molar-refractivity contribution >= 4 is 17.9 Å². The summed E-state index contributed by atoms with van der Waals surface area (Å²) in [5.41, 5.74) is 0. The minimum Gasteiger partial charge on any atom is -0.462 e. The molecule has 0 aliphatic heterocycles. The molecule has 73 heavy (non-hydrogen) atoms. The second kappa shape index (κ2) is 62.2. The third kappa shape index (κ3) is 60.4. The Labute approximate surface area is 455 Å². The standard InChI is InChI=1S/C67H124O6/c1-4-7-10-13-16-19-22-25-27-28-29-30-31-32-33-34-35-36-37-38-40-42-45-48-51-54-57-60-66(69)72-63-64(62-71-65(68)59-56-53-50-47-44-41-24-21-18-15-12-9-6-3)73-67(70)61-58-55-52-49-46-43-39-26-23-20-17-14-11-8-5-2/h21,24,26,28-29,39,64H,4-20,22-23,25,27,30-38,40-63H2,1-3H3/b24-21-,29-28-,39-26-. The van der Waals surface area contributed by atoms with Gasteiger partial charge >= 0.3 is 17.9 Å². The predicted octanol–water partition coefficient (Wildman–Crippen LogP) is 22.0. The van der Waals surface area contributed by atoms with Gasteiger partial charge in [0.05, 0.1) is 0 Å². The van der Waals surface area contributed by atoms with Crippen LogP contribution in [-0.4, -0.2) is 37.2 Å². The van der Waals surface area contributed by atoms with Gasteiger partial charge in [-0.25, -0.2) is 0 Å². The molecule has 0 amide bonds. The molecule has 0 heterocycles. The maximum atomic E-state index is 12.9. The average Bonchev–Trinajstić information content (AvgIpc) is 3.39. The van der Waals surface area contributed by atoms with Crippen LogP contribution in [0.25, 0.3) is 0 Å². The van der Waals surface area contributed by atoms with Crippen LogP contribution in [0.5, 0.6) is 0 Å². The Balaban J connectivity index is 4.20. The van der Waals surface area contributed by atoms with E-state index in [1.54, 1.807) is 0 Å². The Bertz CT molecular complexity index is 1220. The lowest BCUT2D eigenvalue weighted by molar-refractivity contribution is -0.167. The van der Waals surface area contributed by atoms with E-state index in [-0.39, 0.29) is 31.1 Å². The maximum Gasteiger partial charge on any atom is 0.306 e. The highest BCUT2D eigenvalue weighted by Crippen LogP contribution is 2.17. The molecule has 6 heteroatoms. The number of hydrogen-bond acceptors (Lipinski definition) is 6. The largest absolute Gasteiger partial charge is 0.462 e. The predicted molar refractivity (Wildman–Crippen MR) is 316 cm³/mol. The van der Waals surface area contributed by atoms with E-state index in [2.05, 4.69) is 57.2 Å². The monoisotopic (exact) mass is 1020 g/mol. The molecule has 0 radical (unpaired) electrons. The van der Waals surface area contributed by atoms with Gasteiger partial charge in [-0.1, -0.05) is 276 Å². The lowest BCUT2D eigenvalue weighted by Gasteiger charge is -2.18. The number of carbonyl (C=O) groups excluding carboxylic acids is 3. The summed E-state index contributed by atoms with van der Waals surface area (Å²) in [7, 11) is 0. The van der Waals surface area contributed by atoms with Gasteiger partial charge in [-0.2, -0.15) is 0 Å². The van der Waals surface area contributed by atoms with Crippen LogP contribution in [-0.2, 0) is 28.6 Å². The van der Waals surface area contributed by atoms with E-state index in [0.717, 1.165) is 70.6 Å². The summed E-state index contributed by atoms with van der Waals surface area (Å²) in [6.07, 6.45) is 75.9. The van der Waals surface area contributed by atoms with Crippen molar-refractivity contribution in [3.05, 3.63) is 36.5 Å². The summed E-state index contributed by atoms with van der Waals surface area (Å²) < 4.78 is 16.9. The van der Waals surface area contributed by atoms with Gasteiger partial charge in [0, 0.05) is 19.3 Å². The Morgan fingerprint density at radius 1 is 0.260 bits per heavy atom. The third-order valence-corrected chi connectivity index (χ3v) is 14.6. The molecule has 428 valence electrons. The summed E-state index contributed by atoms with van der Waals surface area (Å²) in [6, 6.07) is 0. The van der Waals surface area contributed by atoms with Crippen molar-refractivity contribution in [2.75, 3.05) is 13.2 Å². The molecule has 1 unspecified atom stereocenters. The number of rotatable bonds is 60. The normalized spacial score (nSPS) is 12.2. The van der Waals surface area contributed by atoms with Crippen molar-refractivity contribution in [1.29, 1.82) is 0 Å². The van der Waals surface area contributed by atoms with Gasteiger partial charge in [-0.3, -0.25) is 14.4 Å². The SMILES string of the molecule is CCCCCC/C=C\CCCCCCCC(=O)OCC(COC(=O)CCCCCCCCCCCCCCCCC/C=C\CCCCCCCCCC)OC(=O)CCCCCCC/C=C\CCCCCCCC. The van der Waals surface area contributed by atoms with E-state index in [0.29, 0.717) is 19.3 Å². The van der Waals surface area contributed by atoms with Gasteiger partial charge in [0.25, 0.3) is 0 Å². The number of hydrogen-bond donors (Lipinski definition) is 0. The first kappa shape index (κ1) is 70.6. The Morgan fingerprint density at radius 3 is 0.699 bits per heavy atom. The van der Waals surface area contributed by atoms with Gasteiger partial charge in [0.1, 0.15) is 13.2 Å². The molecule has 0 fully saturated rings. The minimum atomic E-state index is -0.778. The van der Waals surface area contributed by atoms with Gasteiger partial charge in [0.2, 0.25) is 0 Å². The fraction of sp³-hybridized carbons (Fsp3) is 0.866. The van der Waals surface area contributed by atoms with Crippen molar-refractivity contribution in [2.45, 2.75) is 361 Å². The molecule has 0 aromatic carbocycles. The van der Waals surface area contributed by atoms with Gasteiger partial charge < -0.3 is 14.2 Å². The van der Waals surface area contributed by atoms with Crippen LogP contribution in [0.15, 0.2) is 36.5 Å². The van der Waals surface area contributed by atoms with Gasteiger partial charge in [0.15, 0.2) is 6.10 Å². The highest BCUT2D eigenvalue weighted by molar-refractivity contribution is 5.71. The average molecular weight is 1030 g/mol. The fourth-order valence-electron chi connectivity index (χ4n) is 9.67. The van der Waals surface area contributed by atoms with E-state index >= 15 is 0 Å². The Kier molecular flexibility index (Phi) is 60.2. The van der Waals surface area contributed by atoms with E-state index in [1.807, 2.05) is 0 Å². The second-order valence-corrected chi connectivity index (χ2v) is 22.0. The molecule has 0 rings (SSSR count). The molecule has 0 spiro atoms. The Morgan fingerprint density at radius 2 is 0.452 bits per heavy atom. The fourth-order valence-corrected chi connectivity index (χ4v) is 9.67. The molecule has 0 N–H and O–H groups in total. The van der Waals surface area contributed by atoms with Gasteiger partial charge in [-0.05, 0) is 96.3 Å². The highest BCUT2D eigenvalue weighted by Gasteiger charge is 2.19. The van der Waals surface area contributed by atoms with Crippen molar-refractivity contribution in [3.8, 4) is 0 Å². The van der Waals surface area contributed by atoms with E-state index in [4.69, 9.17) is 14.2 Å². The molecular weight excluding hydrogens is 901 g/mol. The number of allylic oxidation sites excluding steroid dienone is 6. The number of unbranched alkanes of at least 4 members (excludes halogenated alkanes) is 43. The lowest BCUT2D eigenvalue weighted by Crippen LogP contribution is -2.30. The van der Waals surface area contributed by atoms with E-state index < -0.39 is 6.10 Å². The molecule has 1 atom stereocenters. The highest BCUT2D eigenvalue weighted by atomic mass is 16.6. The summed E-state index contributed by atoms with van der Waals surface area (Å²) in [4.78, 5) is 38.2. The quantitative estimate of drug-likeness (QED) is 0.0261. The van der Waals surface area contributed by atoms with Crippen LogP contribution in [0.4, 0.5) is 0 Å². The minimum absolute atomic E-state index is 0.0747. The molecule has 0 aliphatic rings. The third-order valence-electron chi connectivity index (χ3n) is 14.6. The summed E-state index contributed by atoms with van der Waals surface area (Å²) in [6.45, 7) is 6.66. The summed E-state index contributed by atoms with van der Waals surface area (Å²) >= 11 is 0. The summed E-state index contributed by atoms with van der Waals surface area (Å²) in [5, 5.41) is 0. The molecular formula is C67H124O6. The maximum absolute atomic E-state index is 12.9. The van der Waals surface area contributed by atoms with Crippen molar-refractivity contribution < 1.29 is 28.6 Å². The molecule has 0 aromatic rings. The second-order valence-electron chi connectivity index (χ2n) is 22.0. The molecule has 0 aliphatic carbocycles. The first-order valence-corrected chi connectivity index (χ1v) is 32.5. The zero-order chi connectivity index (χ0) is 52.9. The van der Waals surface area contributed by atoms with Crippen LogP contribution < -0.4 is 0 Å². The van der Waals surface area contributed by atoms with Crippen LogP contribution >= 0.6 is 0 Å². The molecule has 6 nitrogen and oxygen atoms in total. The molecule has 0 bridgehead atoms. The molecule has 0 saturated carbocycles. The Hall–Kier alpha value is -2.37. The molecule has 0 aromatic heterocycles. The zero-order valence-corrected chi connectivity index (χ0v) is 49.2. The van der Waals surface area contributed by atoms with Gasteiger partial charge in [-0.15, -0.1) is 0 Å². The summed E-state index contributed by atoms with van der Waals surface area (Å²) in [5.74, 6) is -0.872. The van der Waals surface area contributed by atoms with Crippen molar-refractivity contribution in [2.24, 2.45) is 0 Å². The molecule has 0 saturated heterocycles. The van der Waals surface area contributed by atoms with E-state index in [9.17, 15) is 14.4 Å². The van der Waals surface area contributed by atoms with E-state index in [1.165, 1.54) is 244 Å².